The Hall–Kier alpha value is -3.48. The van der Waals surface area contributed by atoms with E-state index in [1.165, 1.54) is 36.0 Å². The first kappa shape index (κ1) is 16.4. The predicted molar refractivity (Wildman–Crippen MR) is 91.6 cm³/mol. The van der Waals surface area contributed by atoms with Crippen LogP contribution in [0.1, 0.15) is 15.9 Å². The molecule has 2 aromatic heterocycles. The molecule has 3 rings (SSSR count). The monoisotopic (exact) mass is 337 g/mol. The van der Waals surface area contributed by atoms with Crippen molar-refractivity contribution >= 4 is 23.2 Å². The highest BCUT2D eigenvalue weighted by atomic mass is 16.5. The average molecular weight is 337 g/mol. The Balaban J connectivity index is 1.89. The molecule has 1 amide bonds. The van der Waals surface area contributed by atoms with Crippen molar-refractivity contribution in [2.75, 3.05) is 12.4 Å². The van der Waals surface area contributed by atoms with E-state index >= 15 is 0 Å². The van der Waals surface area contributed by atoms with E-state index in [9.17, 15) is 14.4 Å². The van der Waals surface area contributed by atoms with Crippen molar-refractivity contribution in [1.29, 1.82) is 0 Å². The number of methoxy groups -OCH3 is 1. The van der Waals surface area contributed by atoms with Gasteiger partial charge in [-0.25, -0.2) is 9.78 Å². The van der Waals surface area contributed by atoms with E-state index in [4.69, 9.17) is 0 Å². The molecular weight excluding hydrogens is 322 g/mol. The third-order valence-corrected chi connectivity index (χ3v) is 3.60. The molecule has 25 heavy (non-hydrogen) atoms. The fraction of sp³-hybridized carbons (Fsp3) is 0.111. The van der Waals surface area contributed by atoms with Crippen molar-refractivity contribution in [2.45, 2.75) is 6.42 Å². The molecule has 3 aromatic rings. The van der Waals surface area contributed by atoms with Gasteiger partial charge in [-0.1, -0.05) is 30.3 Å². The number of anilines is 1. The first-order valence-electron chi connectivity index (χ1n) is 7.52. The molecule has 0 saturated heterocycles. The minimum Gasteiger partial charge on any atom is -0.465 e. The van der Waals surface area contributed by atoms with Gasteiger partial charge in [-0.05, 0) is 17.7 Å². The summed E-state index contributed by atoms with van der Waals surface area (Å²) in [5.41, 5.74) is 0.977. The van der Waals surface area contributed by atoms with Crippen LogP contribution in [-0.4, -0.2) is 28.4 Å². The van der Waals surface area contributed by atoms with E-state index in [1.54, 1.807) is 0 Å². The number of ether oxygens (including phenoxy) is 1. The highest BCUT2D eigenvalue weighted by Gasteiger charge is 2.12. The number of nitrogens with zero attached hydrogens (tertiary/aromatic N) is 2. The van der Waals surface area contributed by atoms with Gasteiger partial charge in [-0.3, -0.25) is 14.0 Å². The van der Waals surface area contributed by atoms with Crippen LogP contribution in [0.5, 0.6) is 0 Å². The maximum Gasteiger partial charge on any atom is 0.339 e. The van der Waals surface area contributed by atoms with Gasteiger partial charge in [0.25, 0.3) is 5.56 Å². The number of esters is 1. The van der Waals surface area contributed by atoms with Gasteiger partial charge in [-0.15, -0.1) is 0 Å². The molecule has 0 aliphatic rings. The second-order valence-electron chi connectivity index (χ2n) is 5.33. The Morgan fingerprint density at radius 1 is 1.16 bits per heavy atom. The van der Waals surface area contributed by atoms with Crippen molar-refractivity contribution in [2.24, 2.45) is 0 Å². The fourth-order valence-corrected chi connectivity index (χ4v) is 2.38. The van der Waals surface area contributed by atoms with Crippen molar-refractivity contribution in [1.82, 2.24) is 9.38 Å². The molecule has 0 unspecified atom stereocenters. The van der Waals surface area contributed by atoms with Crippen molar-refractivity contribution in [3.63, 3.8) is 0 Å². The lowest BCUT2D eigenvalue weighted by molar-refractivity contribution is -0.115. The number of aromatic nitrogens is 2. The molecule has 0 atom stereocenters. The topological polar surface area (TPSA) is 89.8 Å². The van der Waals surface area contributed by atoms with Crippen LogP contribution in [-0.2, 0) is 16.0 Å². The number of amides is 1. The molecule has 2 heterocycles. The number of hydrogen-bond acceptors (Lipinski definition) is 5. The predicted octanol–water partition coefficient (Wildman–Crippen LogP) is 1.66. The minimum atomic E-state index is -0.563. The number of hydrogen-bond donors (Lipinski definition) is 1. The maximum absolute atomic E-state index is 12.5. The Morgan fingerprint density at radius 3 is 2.64 bits per heavy atom. The lowest BCUT2D eigenvalue weighted by Gasteiger charge is -2.07. The number of nitrogens with one attached hydrogen (secondary N) is 1. The summed E-state index contributed by atoms with van der Waals surface area (Å²) in [5, 5.41) is 2.56. The van der Waals surface area contributed by atoms with Crippen LogP contribution in [0, 0.1) is 0 Å². The van der Waals surface area contributed by atoms with E-state index in [1.807, 2.05) is 30.3 Å². The smallest absolute Gasteiger partial charge is 0.339 e. The zero-order valence-corrected chi connectivity index (χ0v) is 13.4. The Bertz CT molecular complexity index is 996. The molecule has 1 aromatic carbocycles. The van der Waals surface area contributed by atoms with Crippen LogP contribution in [0.15, 0.2) is 59.7 Å². The van der Waals surface area contributed by atoms with Crippen molar-refractivity contribution < 1.29 is 14.3 Å². The second kappa shape index (κ2) is 6.96. The third kappa shape index (κ3) is 3.55. The van der Waals surface area contributed by atoms with Gasteiger partial charge in [0.2, 0.25) is 5.91 Å². The molecule has 0 bridgehead atoms. The highest BCUT2D eigenvalue weighted by molar-refractivity contribution is 5.92. The van der Waals surface area contributed by atoms with Crippen molar-refractivity contribution in [3.05, 3.63) is 76.3 Å². The molecular formula is C18H15N3O4. The summed E-state index contributed by atoms with van der Waals surface area (Å²) < 4.78 is 5.84. The first-order chi connectivity index (χ1) is 12.1. The van der Waals surface area contributed by atoms with E-state index in [0.29, 0.717) is 5.65 Å². The molecule has 0 spiro atoms. The summed E-state index contributed by atoms with van der Waals surface area (Å²) in [6, 6.07) is 12.2. The Kier molecular flexibility index (Phi) is 4.56. The summed E-state index contributed by atoms with van der Waals surface area (Å²) >= 11 is 0. The third-order valence-electron chi connectivity index (χ3n) is 3.60. The number of pyridine rings is 1. The van der Waals surface area contributed by atoms with Gasteiger partial charge in [-0.2, -0.15) is 0 Å². The van der Waals surface area contributed by atoms with E-state index in [-0.39, 0.29) is 23.6 Å². The minimum absolute atomic E-state index is 0.0421. The quantitative estimate of drug-likeness (QED) is 0.731. The van der Waals surface area contributed by atoms with Gasteiger partial charge in [0.05, 0.1) is 25.3 Å². The zero-order valence-electron chi connectivity index (χ0n) is 13.4. The normalized spacial score (nSPS) is 10.4. The molecule has 7 nitrogen and oxygen atoms in total. The average Bonchev–Trinajstić information content (AvgIpc) is 2.64. The molecule has 1 N–H and O–H groups in total. The summed E-state index contributed by atoms with van der Waals surface area (Å²) in [7, 11) is 1.26. The van der Waals surface area contributed by atoms with E-state index in [0.717, 1.165) is 5.56 Å². The molecule has 0 fully saturated rings. The molecule has 0 aliphatic heterocycles. The van der Waals surface area contributed by atoms with E-state index in [2.05, 4.69) is 15.0 Å². The SMILES string of the molecule is COC(=O)c1ccc2ncc(NC(=O)Cc3ccccc3)c(=O)n2c1. The largest absolute Gasteiger partial charge is 0.465 e. The lowest BCUT2D eigenvalue weighted by atomic mass is 10.1. The Labute approximate surface area is 142 Å². The number of rotatable bonds is 4. The van der Waals surface area contributed by atoms with E-state index < -0.39 is 11.5 Å². The van der Waals surface area contributed by atoms with Gasteiger partial charge in [0.15, 0.2) is 0 Å². The summed E-state index contributed by atoms with van der Waals surface area (Å²) in [4.78, 5) is 40.4. The van der Waals surface area contributed by atoms with Gasteiger partial charge < -0.3 is 10.1 Å². The first-order valence-corrected chi connectivity index (χ1v) is 7.52. The number of fused-ring (bicyclic) bond motifs is 1. The maximum atomic E-state index is 12.5. The summed E-state index contributed by atoms with van der Waals surface area (Å²) in [5.74, 6) is -0.888. The molecule has 0 saturated carbocycles. The standard InChI is InChI=1S/C18H15N3O4/c1-25-18(24)13-7-8-15-19-10-14(17(23)21(15)11-13)20-16(22)9-12-5-3-2-4-6-12/h2-8,10-11H,9H2,1H3,(H,20,22). The zero-order chi connectivity index (χ0) is 17.8. The second-order valence-corrected chi connectivity index (χ2v) is 5.33. The molecule has 0 radical (unpaired) electrons. The van der Waals surface area contributed by atoms with Gasteiger partial charge in [0, 0.05) is 6.20 Å². The lowest BCUT2D eigenvalue weighted by Crippen LogP contribution is -2.24. The van der Waals surface area contributed by atoms with Crippen LogP contribution in [0.4, 0.5) is 5.69 Å². The molecule has 0 aliphatic carbocycles. The van der Waals surface area contributed by atoms with Crippen LogP contribution >= 0.6 is 0 Å². The molecule has 7 heteroatoms. The van der Waals surface area contributed by atoms with Crippen molar-refractivity contribution in [3.8, 4) is 0 Å². The Morgan fingerprint density at radius 2 is 1.92 bits per heavy atom. The van der Waals surface area contributed by atoms with Crippen LogP contribution in [0.2, 0.25) is 0 Å². The fourth-order valence-electron chi connectivity index (χ4n) is 2.38. The summed E-state index contributed by atoms with van der Waals surface area (Å²) in [6.07, 6.45) is 2.78. The summed E-state index contributed by atoms with van der Waals surface area (Å²) in [6.45, 7) is 0. The van der Waals surface area contributed by atoms with Gasteiger partial charge in [0.1, 0.15) is 11.3 Å². The highest BCUT2D eigenvalue weighted by Crippen LogP contribution is 2.07. The van der Waals surface area contributed by atoms with Gasteiger partial charge >= 0.3 is 5.97 Å². The van der Waals surface area contributed by atoms with Crippen LogP contribution < -0.4 is 10.9 Å². The number of benzene rings is 1. The number of carbonyl (C=O) groups excluding carboxylic acids is 2. The molecule has 126 valence electrons. The van der Waals surface area contributed by atoms with Crippen LogP contribution in [0.25, 0.3) is 5.65 Å². The number of carbonyl (C=O) groups is 2. The van der Waals surface area contributed by atoms with Crippen LogP contribution in [0.3, 0.4) is 0 Å².